The van der Waals surface area contributed by atoms with Crippen molar-refractivity contribution in [2.75, 3.05) is 19.6 Å². The van der Waals surface area contributed by atoms with Crippen molar-refractivity contribution in [1.29, 1.82) is 0 Å². The molecule has 136 valence electrons. The summed E-state index contributed by atoms with van der Waals surface area (Å²) in [6, 6.07) is 5.90. The van der Waals surface area contributed by atoms with E-state index >= 15 is 0 Å². The number of nitrogens with two attached hydrogens (primary N) is 1. The van der Waals surface area contributed by atoms with E-state index in [0.717, 1.165) is 5.56 Å². The number of nitrogens with zero attached hydrogens (tertiary/aromatic N) is 2. The zero-order valence-electron chi connectivity index (χ0n) is 14.9. The zero-order chi connectivity index (χ0) is 18.1. The van der Waals surface area contributed by atoms with Crippen LogP contribution < -0.4 is 5.73 Å². The number of carbonyl (C=O) groups excluding carboxylic acids is 2. The van der Waals surface area contributed by atoms with Crippen LogP contribution >= 0.6 is 0 Å². The first-order chi connectivity index (χ1) is 11.8. The first-order valence-electron chi connectivity index (χ1n) is 8.91. The van der Waals surface area contributed by atoms with Crippen molar-refractivity contribution in [3.63, 3.8) is 0 Å². The maximum Gasteiger partial charge on any atom is 0.242 e. The molecule has 2 amide bonds. The minimum atomic E-state index is -0.615. The molecular weight excluding hydrogens is 318 g/mol. The molecule has 1 aromatic carbocycles. The van der Waals surface area contributed by atoms with Crippen LogP contribution in [0.2, 0.25) is 0 Å². The fourth-order valence-corrected chi connectivity index (χ4v) is 3.69. The Bertz CT molecular complexity index is 666. The fraction of sp³-hybridized carbons (Fsp3) is 0.579. The van der Waals surface area contributed by atoms with E-state index in [4.69, 9.17) is 5.73 Å². The van der Waals surface area contributed by atoms with Gasteiger partial charge in [0.2, 0.25) is 11.8 Å². The summed E-state index contributed by atoms with van der Waals surface area (Å²) in [6.07, 6.45) is 0.282. The average Bonchev–Trinajstić information content (AvgIpc) is 2.91. The summed E-state index contributed by atoms with van der Waals surface area (Å²) < 4.78 is 0. The van der Waals surface area contributed by atoms with Gasteiger partial charge >= 0.3 is 0 Å². The smallest absolute Gasteiger partial charge is 0.242 e. The van der Waals surface area contributed by atoms with Gasteiger partial charge in [-0.2, -0.15) is 0 Å². The van der Waals surface area contributed by atoms with E-state index in [1.165, 1.54) is 11.1 Å². The van der Waals surface area contributed by atoms with Gasteiger partial charge in [0, 0.05) is 31.6 Å². The van der Waals surface area contributed by atoms with Gasteiger partial charge in [-0.25, -0.2) is 0 Å². The summed E-state index contributed by atoms with van der Waals surface area (Å²) >= 11 is 0. The minimum Gasteiger partial charge on any atom is -0.391 e. The standard InChI is InChI=1S/C19H27N3O3/c1-12-3-4-14(7-13(12)2)10-21-5-6-22(11-18(21)24)19(25)15-8-16(20)17(23)9-15/h3-4,7,15-17,23H,5-6,8-11,20H2,1-2H3/t15-,16-,17-/m0/s1. The SMILES string of the molecule is Cc1ccc(CN2CCN(C(=O)[C@H]3C[C@H](N)[C@@H](O)C3)CC2=O)cc1C. The Morgan fingerprint density at radius 1 is 1.24 bits per heavy atom. The molecule has 6 heteroatoms. The van der Waals surface area contributed by atoms with Crippen LogP contribution in [0.15, 0.2) is 18.2 Å². The lowest BCUT2D eigenvalue weighted by molar-refractivity contribution is -0.148. The molecule has 1 saturated carbocycles. The number of piperazine rings is 1. The molecule has 1 heterocycles. The number of hydrogen-bond acceptors (Lipinski definition) is 4. The lowest BCUT2D eigenvalue weighted by atomic mass is 10.0. The van der Waals surface area contributed by atoms with Crippen molar-refractivity contribution in [1.82, 2.24) is 9.80 Å². The molecule has 2 fully saturated rings. The third-order valence-corrected chi connectivity index (χ3v) is 5.50. The van der Waals surface area contributed by atoms with Gasteiger partial charge in [-0.3, -0.25) is 9.59 Å². The number of benzene rings is 1. The first-order valence-corrected chi connectivity index (χ1v) is 8.91. The summed E-state index contributed by atoms with van der Waals surface area (Å²) in [5, 5.41) is 9.74. The van der Waals surface area contributed by atoms with Gasteiger partial charge in [-0.1, -0.05) is 18.2 Å². The number of aryl methyl sites for hydroxylation is 2. The number of hydrogen-bond donors (Lipinski definition) is 2. The first kappa shape index (κ1) is 17.9. The van der Waals surface area contributed by atoms with Crippen LogP contribution in [-0.2, 0) is 16.1 Å². The maximum atomic E-state index is 12.6. The molecule has 0 radical (unpaired) electrons. The molecule has 0 bridgehead atoms. The Balaban J connectivity index is 1.58. The number of aliphatic hydroxyl groups excluding tert-OH is 1. The lowest BCUT2D eigenvalue weighted by Crippen LogP contribution is -2.53. The quantitative estimate of drug-likeness (QED) is 0.839. The highest BCUT2D eigenvalue weighted by atomic mass is 16.3. The van der Waals surface area contributed by atoms with E-state index in [2.05, 4.69) is 32.0 Å². The summed E-state index contributed by atoms with van der Waals surface area (Å²) in [6.45, 7) is 5.91. The van der Waals surface area contributed by atoms with Gasteiger partial charge < -0.3 is 20.6 Å². The third-order valence-electron chi connectivity index (χ3n) is 5.50. The van der Waals surface area contributed by atoms with E-state index in [0.29, 0.717) is 32.5 Å². The maximum absolute atomic E-state index is 12.6. The van der Waals surface area contributed by atoms with Crippen molar-refractivity contribution in [3.05, 3.63) is 34.9 Å². The molecule has 25 heavy (non-hydrogen) atoms. The van der Waals surface area contributed by atoms with Gasteiger partial charge in [0.1, 0.15) is 0 Å². The molecule has 3 atom stereocenters. The number of rotatable bonds is 3. The van der Waals surface area contributed by atoms with E-state index in [-0.39, 0.29) is 30.3 Å². The molecule has 1 aliphatic heterocycles. The Hall–Kier alpha value is -1.92. The minimum absolute atomic E-state index is 0.0272. The molecular formula is C19H27N3O3. The van der Waals surface area contributed by atoms with Crippen LogP contribution in [0.1, 0.15) is 29.5 Å². The molecule has 1 aliphatic carbocycles. The Morgan fingerprint density at radius 2 is 2.00 bits per heavy atom. The second-order valence-electron chi connectivity index (χ2n) is 7.39. The van der Waals surface area contributed by atoms with E-state index in [9.17, 15) is 14.7 Å². The highest BCUT2D eigenvalue weighted by molar-refractivity contribution is 5.87. The molecule has 2 aliphatic rings. The van der Waals surface area contributed by atoms with Crippen LogP contribution in [-0.4, -0.2) is 58.5 Å². The van der Waals surface area contributed by atoms with Crippen LogP contribution in [0.25, 0.3) is 0 Å². The molecule has 1 saturated heterocycles. The summed E-state index contributed by atoms with van der Waals surface area (Å²) in [7, 11) is 0. The number of amides is 2. The molecule has 3 N–H and O–H groups in total. The summed E-state index contributed by atoms with van der Waals surface area (Å²) in [5.41, 5.74) is 9.37. The monoisotopic (exact) mass is 345 g/mol. The second-order valence-corrected chi connectivity index (χ2v) is 7.39. The van der Waals surface area contributed by atoms with Crippen molar-refractivity contribution in [2.24, 2.45) is 11.7 Å². The normalized spacial score (nSPS) is 27.0. The van der Waals surface area contributed by atoms with Gasteiger partial charge in [0.05, 0.1) is 12.6 Å². The Labute approximate surface area is 148 Å². The van der Waals surface area contributed by atoms with E-state index in [1.54, 1.807) is 4.90 Å². The van der Waals surface area contributed by atoms with Crippen LogP contribution in [0.4, 0.5) is 0 Å². The molecule has 0 unspecified atom stereocenters. The van der Waals surface area contributed by atoms with Crippen LogP contribution in [0, 0.1) is 19.8 Å². The van der Waals surface area contributed by atoms with Gasteiger partial charge in [-0.05, 0) is 43.4 Å². The summed E-state index contributed by atoms with van der Waals surface area (Å²) in [4.78, 5) is 28.5. The second kappa shape index (κ2) is 7.14. The summed E-state index contributed by atoms with van der Waals surface area (Å²) in [5.74, 6) is -0.337. The largest absolute Gasteiger partial charge is 0.391 e. The van der Waals surface area contributed by atoms with E-state index < -0.39 is 6.10 Å². The highest BCUT2D eigenvalue weighted by Crippen LogP contribution is 2.27. The Kier molecular flexibility index (Phi) is 5.11. The zero-order valence-corrected chi connectivity index (χ0v) is 14.9. The lowest BCUT2D eigenvalue weighted by Gasteiger charge is -2.35. The predicted molar refractivity (Wildman–Crippen MR) is 94.6 cm³/mol. The van der Waals surface area contributed by atoms with Crippen molar-refractivity contribution >= 4 is 11.8 Å². The van der Waals surface area contributed by atoms with Crippen LogP contribution in [0.3, 0.4) is 0 Å². The fourth-order valence-electron chi connectivity index (χ4n) is 3.69. The number of carbonyl (C=O) groups is 2. The molecule has 6 nitrogen and oxygen atoms in total. The third kappa shape index (κ3) is 3.85. The van der Waals surface area contributed by atoms with Gasteiger partial charge in [0.15, 0.2) is 0 Å². The molecule has 1 aromatic rings. The van der Waals surface area contributed by atoms with Crippen molar-refractivity contribution < 1.29 is 14.7 Å². The topological polar surface area (TPSA) is 86.9 Å². The molecule has 0 spiro atoms. The van der Waals surface area contributed by atoms with E-state index in [1.807, 2.05) is 4.90 Å². The predicted octanol–water partition coefficient (Wildman–Crippen LogP) is 0.572. The molecule has 0 aromatic heterocycles. The highest BCUT2D eigenvalue weighted by Gasteiger charge is 2.38. The molecule has 3 rings (SSSR count). The van der Waals surface area contributed by atoms with Gasteiger partial charge in [0.25, 0.3) is 0 Å². The van der Waals surface area contributed by atoms with Crippen molar-refractivity contribution in [2.45, 2.75) is 45.4 Å². The van der Waals surface area contributed by atoms with Crippen molar-refractivity contribution in [3.8, 4) is 0 Å². The number of aliphatic hydroxyl groups is 1. The average molecular weight is 345 g/mol. The van der Waals surface area contributed by atoms with Crippen LogP contribution in [0.5, 0.6) is 0 Å². The van der Waals surface area contributed by atoms with Gasteiger partial charge in [-0.15, -0.1) is 0 Å². The Morgan fingerprint density at radius 3 is 2.60 bits per heavy atom.